The second kappa shape index (κ2) is 55.4. The zero-order chi connectivity index (χ0) is 48.6. The molecule has 0 aliphatic carbocycles. The molecule has 0 heterocycles. The van der Waals surface area contributed by atoms with Gasteiger partial charge in [-0.25, -0.2) is 0 Å². The minimum absolute atomic E-state index is 0.0931. The van der Waals surface area contributed by atoms with Crippen LogP contribution in [0.1, 0.15) is 278 Å². The van der Waals surface area contributed by atoms with Crippen LogP contribution in [0.2, 0.25) is 0 Å². The van der Waals surface area contributed by atoms with E-state index in [2.05, 4.69) is 93.7 Å². The third-order valence-corrected chi connectivity index (χ3v) is 12.2. The van der Waals surface area contributed by atoms with Gasteiger partial charge in [-0.1, -0.05) is 248 Å². The molecule has 0 amide bonds. The summed E-state index contributed by atoms with van der Waals surface area (Å²) in [6, 6.07) is 0. The lowest BCUT2D eigenvalue weighted by Gasteiger charge is -2.18. The molecule has 6 nitrogen and oxygen atoms in total. The van der Waals surface area contributed by atoms with E-state index in [9.17, 15) is 14.4 Å². The van der Waals surface area contributed by atoms with Crippen LogP contribution in [0, 0.1) is 0 Å². The summed E-state index contributed by atoms with van der Waals surface area (Å²) < 4.78 is 16.8. The zero-order valence-corrected chi connectivity index (χ0v) is 44.2. The third kappa shape index (κ3) is 53.7. The number of carbonyl (C=O) groups excluding carboxylic acids is 3. The van der Waals surface area contributed by atoms with Crippen molar-refractivity contribution in [2.45, 2.75) is 284 Å². The van der Waals surface area contributed by atoms with Crippen molar-refractivity contribution in [2.24, 2.45) is 0 Å². The first kappa shape index (κ1) is 63.8. The summed E-state index contributed by atoms with van der Waals surface area (Å²) in [6.45, 7) is 6.49. The number of carbonyl (C=O) groups is 3. The number of ether oxygens (including phenoxy) is 3. The molecule has 6 heteroatoms. The van der Waals surface area contributed by atoms with Crippen molar-refractivity contribution < 1.29 is 28.6 Å². The molecule has 0 N–H and O–H groups in total. The maximum Gasteiger partial charge on any atom is 0.306 e. The Morgan fingerprint density at radius 2 is 0.597 bits per heavy atom. The molecule has 0 radical (unpaired) electrons. The molecule has 0 saturated heterocycles. The van der Waals surface area contributed by atoms with Crippen molar-refractivity contribution in [2.75, 3.05) is 13.2 Å². The van der Waals surface area contributed by atoms with Gasteiger partial charge in [0.1, 0.15) is 13.2 Å². The van der Waals surface area contributed by atoms with Gasteiger partial charge in [-0.2, -0.15) is 0 Å². The van der Waals surface area contributed by atoms with E-state index in [4.69, 9.17) is 14.2 Å². The molecule has 0 aromatic rings. The predicted octanol–water partition coefficient (Wildman–Crippen LogP) is 19.0. The van der Waals surface area contributed by atoms with Gasteiger partial charge in [-0.05, 0) is 83.5 Å². The Balaban J connectivity index is 4.45. The van der Waals surface area contributed by atoms with Gasteiger partial charge in [-0.3, -0.25) is 14.4 Å². The van der Waals surface area contributed by atoms with Gasteiger partial charge in [0.25, 0.3) is 0 Å². The second-order valence-corrected chi connectivity index (χ2v) is 18.8. The molecule has 0 unspecified atom stereocenters. The van der Waals surface area contributed by atoms with Crippen LogP contribution >= 0.6 is 0 Å². The molecule has 67 heavy (non-hydrogen) atoms. The van der Waals surface area contributed by atoms with Crippen molar-refractivity contribution in [3.8, 4) is 0 Å². The Kier molecular flexibility index (Phi) is 52.8. The normalized spacial score (nSPS) is 12.6. The molecule has 0 rings (SSSR count). The highest BCUT2D eigenvalue weighted by Gasteiger charge is 2.19. The maximum atomic E-state index is 12.9. The van der Waals surface area contributed by atoms with Gasteiger partial charge in [0.15, 0.2) is 6.10 Å². The van der Waals surface area contributed by atoms with E-state index in [1.807, 2.05) is 0 Å². The van der Waals surface area contributed by atoms with Crippen molar-refractivity contribution in [1.82, 2.24) is 0 Å². The average Bonchev–Trinajstić information content (AvgIpc) is 3.33. The van der Waals surface area contributed by atoms with Crippen LogP contribution in [0.15, 0.2) is 72.9 Å². The van der Waals surface area contributed by atoms with Crippen LogP contribution in [0.3, 0.4) is 0 Å². The van der Waals surface area contributed by atoms with Gasteiger partial charge in [0.2, 0.25) is 0 Å². The average molecular weight is 936 g/mol. The van der Waals surface area contributed by atoms with Gasteiger partial charge in [0.05, 0.1) is 0 Å². The molecule has 0 aromatic heterocycles. The fourth-order valence-corrected chi connectivity index (χ4v) is 7.94. The van der Waals surface area contributed by atoms with E-state index in [1.54, 1.807) is 0 Å². The quantitative estimate of drug-likeness (QED) is 0.0262. The highest BCUT2D eigenvalue weighted by molar-refractivity contribution is 5.71. The molecular formula is C61H106O6. The van der Waals surface area contributed by atoms with Gasteiger partial charge in [-0.15, -0.1) is 0 Å². The molecule has 0 bridgehead atoms. The van der Waals surface area contributed by atoms with Crippen LogP contribution in [0.4, 0.5) is 0 Å². The molecule has 0 aliphatic heterocycles. The Morgan fingerprint density at radius 1 is 0.313 bits per heavy atom. The number of allylic oxidation sites excluding steroid dienone is 12. The van der Waals surface area contributed by atoms with E-state index in [1.165, 1.54) is 154 Å². The first-order chi connectivity index (χ1) is 33.0. The summed E-state index contributed by atoms with van der Waals surface area (Å²) in [6.07, 6.45) is 70.4. The first-order valence-electron chi connectivity index (χ1n) is 28.4. The van der Waals surface area contributed by atoms with E-state index in [0.29, 0.717) is 19.3 Å². The number of rotatable bonds is 51. The number of hydrogen-bond acceptors (Lipinski definition) is 6. The van der Waals surface area contributed by atoms with Crippen LogP contribution in [-0.4, -0.2) is 37.2 Å². The van der Waals surface area contributed by atoms with Crippen LogP contribution in [-0.2, 0) is 28.6 Å². The summed E-state index contributed by atoms with van der Waals surface area (Å²) in [5.74, 6) is -0.948. The molecule has 0 saturated carbocycles. The molecule has 0 aliphatic rings. The molecule has 0 spiro atoms. The largest absolute Gasteiger partial charge is 0.462 e. The Morgan fingerprint density at radius 3 is 1.00 bits per heavy atom. The van der Waals surface area contributed by atoms with E-state index < -0.39 is 6.10 Å². The zero-order valence-electron chi connectivity index (χ0n) is 44.2. The standard InChI is InChI=1S/C61H106O6/c1-4-7-10-13-16-19-22-25-28-30-33-36-39-42-45-48-51-54-60(63)66-57-58(56-65-59(62)53-50-47-44-41-38-35-32-27-24-21-18-15-12-9-6-3)67-61(64)55-52-49-46-43-40-37-34-31-29-26-23-20-17-14-11-8-5-2/h7,10,16,19,21,24-25,28,33,36,42,45,58H,4-6,8-9,11-15,17-18,20,22-23,26-27,29-32,34-35,37-41,43-44,46-57H2,1-3H3/b10-7+,19-16+,24-21+,28-25+,36-33+,45-42+/t58-/m1/s1. The number of unbranched alkanes of at least 4 members (excludes halogenated alkanes) is 28. The molecule has 0 aromatic carbocycles. The lowest BCUT2D eigenvalue weighted by molar-refractivity contribution is -0.167. The minimum Gasteiger partial charge on any atom is -0.462 e. The summed E-state index contributed by atoms with van der Waals surface area (Å²) in [5, 5.41) is 0. The van der Waals surface area contributed by atoms with Gasteiger partial charge in [0, 0.05) is 19.3 Å². The number of esters is 3. The van der Waals surface area contributed by atoms with Crippen molar-refractivity contribution in [3.05, 3.63) is 72.9 Å². The Bertz CT molecular complexity index is 1260. The Hall–Kier alpha value is -3.15. The van der Waals surface area contributed by atoms with Crippen molar-refractivity contribution in [1.29, 1.82) is 0 Å². The highest BCUT2D eigenvalue weighted by Crippen LogP contribution is 2.16. The first-order valence-corrected chi connectivity index (χ1v) is 28.4. The fourth-order valence-electron chi connectivity index (χ4n) is 7.94. The number of hydrogen-bond donors (Lipinski definition) is 0. The topological polar surface area (TPSA) is 78.9 Å². The van der Waals surface area contributed by atoms with E-state index in [-0.39, 0.29) is 37.5 Å². The van der Waals surface area contributed by atoms with E-state index >= 15 is 0 Å². The summed E-state index contributed by atoms with van der Waals surface area (Å²) >= 11 is 0. The summed E-state index contributed by atoms with van der Waals surface area (Å²) in [4.78, 5) is 38.1. The van der Waals surface area contributed by atoms with Crippen LogP contribution in [0.25, 0.3) is 0 Å². The van der Waals surface area contributed by atoms with Crippen LogP contribution < -0.4 is 0 Å². The maximum absolute atomic E-state index is 12.9. The SMILES string of the molecule is CC/C=C/C/C=C/C/C=C/C/C=C/C/C=C/CCCC(=O)OC[C@@H](COC(=O)CCCCCCCCC/C=C/CCCCCC)OC(=O)CCCCCCCCCCCCCCCCCCC. The summed E-state index contributed by atoms with van der Waals surface area (Å²) in [5.41, 5.74) is 0. The lowest BCUT2D eigenvalue weighted by Crippen LogP contribution is -2.30. The highest BCUT2D eigenvalue weighted by atomic mass is 16.6. The molecule has 1 atom stereocenters. The van der Waals surface area contributed by atoms with Gasteiger partial charge >= 0.3 is 17.9 Å². The lowest BCUT2D eigenvalue weighted by atomic mass is 10.0. The third-order valence-electron chi connectivity index (χ3n) is 12.2. The fraction of sp³-hybridized carbons (Fsp3) is 0.754. The smallest absolute Gasteiger partial charge is 0.306 e. The van der Waals surface area contributed by atoms with Crippen LogP contribution in [0.5, 0.6) is 0 Å². The van der Waals surface area contributed by atoms with Crippen molar-refractivity contribution >= 4 is 17.9 Å². The van der Waals surface area contributed by atoms with E-state index in [0.717, 1.165) is 77.0 Å². The second-order valence-electron chi connectivity index (χ2n) is 18.8. The Labute approximate surface area is 414 Å². The monoisotopic (exact) mass is 935 g/mol. The summed E-state index contributed by atoms with van der Waals surface area (Å²) in [7, 11) is 0. The van der Waals surface area contributed by atoms with Crippen molar-refractivity contribution in [3.63, 3.8) is 0 Å². The minimum atomic E-state index is -0.798. The molecular weight excluding hydrogens is 829 g/mol. The molecule has 386 valence electrons. The molecule has 0 fully saturated rings. The van der Waals surface area contributed by atoms with Gasteiger partial charge < -0.3 is 14.2 Å². The predicted molar refractivity (Wildman–Crippen MR) is 288 cm³/mol.